The van der Waals surface area contributed by atoms with Crippen molar-refractivity contribution >= 4 is 35.1 Å². The Morgan fingerprint density at radius 3 is 2.81 bits per heavy atom. The Kier molecular flexibility index (Phi) is 7.47. The van der Waals surface area contributed by atoms with E-state index in [1.165, 1.54) is 18.1 Å². The second-order valence-electron chi connectivity index (χ2n) is 8.96. The van der Waals surface area contributed by atoms with Gasteiger partial charge >= 0.3 is 0 Å². The second kappa shape index (κ2) is 11.1. The Morgan fingerprint density at radius 1 is 1.19 bits per heavy atom. The van der Waals surface area contributed by atoms with Crippen LogP contribution >= 0.6 is 11.8 Å². The molecule has 2 aromatic heterocycles. The summed E-state index contributed by atoms with van der Waals surface area (Å²) in [7, 11) is 1.70. The third-order valence-corrected chi connectivity index (χ3v) is 7.52. The van der Waals surface area contributed by atoms with E-state index in [4.69, 9.17) is 4.74 Å². The minimum Gasteiger partial charge on any atom is -0.381 e. The van der Waals surface area contributed by atoms with Crippen LogP contribution in [0.15, 0.2) is 53.8 Å². The third kappa shape index (κ3) is 5.68. The molecule has 4 heterocycles. The number of likely N-dealkylation sites (N-methyl/N-ethyl adjacent to an activating group) is 1. The fourth-order valence-corrected chi connectivity index (χ4v) is 5.37. The fourth-order valence-electron chi connectivity index (χ4n) is 4.26. The van der Waals surface area contributed by atoms with E-state index in [2.05, 4.69) is 25.7 Å². The quantitative estimate of drug-likeness (QED) is 0.501. The Labute approximate surface area is 213 Å². The van der Waals surface area contributed by atoms with Gasteiger partial charge in [-0.15, -0.1) is 16.9 Å². The molecule has 10 nitrogen and oxygen atoms in total. The molecule has 5 rings (SSSR count). The monoisotopic (exact) mass is 507 g/mol. The number of nitrogens with zero attached hydrogens (tertiary/aromatic N) is 5. The Bertz CT molecular complexity index is 1210. The molecule has 36 heavy (non-hydrogen) atoms. The fraction of sp³-hybridized carbons (Fsp3) is 0.400. The SMILES string of the molecule is CN1C(=O)[C@@H](NC(=O)c2ncn(Cc3ccccc3)n2)CSc2cc(NCC3CCOCC3)ncc21. The van der Waals surface area contributed by atoms with Crippen LogP contribution in [-0.2, 0) is 16.1 Å². The van der Waals surface area contributed by atoms with Crippen molar-refractivity contribution in [1.29, 1.82) is 0 Å². The number of thioether (sulfide) groups is 1. The molecule has 1 fully saturated rings. The van der Waals surface area contributed by atoms with Gasteiger partial charge in [0.15, 0.2) is 0 Å². The minimum atomic E-state index is -0.709. The van der Waals surface area contributed by atoms with Gasteiger partial charge < -0.3 is 20.3 Å². The summed E-state index contributed by atoms with van der Waals surface area (Å²) in [5, 5.41) is 10.5. The maximum absolute atomic E-state index is 13.1. The summed E-state index contributed by atoms with van der Waals surface area (Å²) in [6.07, 6.45) is 5.33. The molecule has 0 unspecified atom stereocenters. The lowest BCUT2D eigenvalue weighted by Crippen LogP contribution is -2.48. The molecule has 2 aliphatic heterocycles. The summed E-state index contributed by atoms with van der Waals surface area (Å²) in [4.78, 5) is 37.1. The maximum Gasteiger partial charge on any atom is 0.291 e. The van der Waals surface area contributed by atoms with Crippen LogP contribution in [0.3, 0.4) is 0 Å². The van der Waals surface area contributed by atoms with E-state index >= 15 is 0 Å². The number of fused-ring (bicyclic) bond motifs is 1. The number of carbonyl (C=O) groups is 2. The molecular weight excluding hydrogens is 478 g/mol. The van der Waals surface area contributed by atoms with E-state index in [0.717, 1.165) is 54.6 Å². The maximum atomic E-state index is 13.1. The predicted molar refractivity (Wildman–Crippen MR) is 137 cm³/mol. The van der Waals surface area contributed by atoms with Gasteiger partial charge in [-0.3, -0.25) is 9.59 Å². The van der Waals surface area contributed by atoms with E-state index in [9.17, 15) is 9.59 Å². The number of nitrogens with one attached hydrogen (secondary N) is 2. The Balaban J connectivity index is 1.21. The molecule has 2 amide bonds. The second-order valence-corrected chi connectivity index (χ2v) is 10.0. The summed E-state index contributed by atoms with van der Waals surface area (Å²) in [6, 6.07) is 11.1. The average Bonchev–Trinajstić information content (AvgIpc) is 3.34. The van der Waals surface area contributed by atoms with Gasteiger partial charge in [-0.2, -0.15) is 0 Å². The first-order valence-corrected chi connectivity index (χ1v) is 13.0. The van der Waals surface area contributed by atoms with Crippen molar-refractivity contribution in [1.82, 2.24) is 25.1 Å². The summed E-state index contributed by atoms with van der Waals surface area (Å²) in [5.41, 5.74) is 1.78. The molecule has 0 spiro atoms. The van der Waals surface area contributed by atoms with Gasteiger partial charge in [-0.25, -0.2) is 14.6 Å². The molecule has 1 aromatic carbocycles. The van der Waals surface area contributed by atoms with Crippen LogP contribution in [0.25, 0.3) is 0 Å². The molecule has 188 valence electrons. The number of anilines is 2. The molecule has 0 radical (unpaired) electrons. The van der Waals surface area contributed by atoms with Crippen LogP contribution in [0.4, 0.5) is 11.5 Å². The van der Waals surface area contributed by atoms with Crippen LogP contribution in [-0.4, -0.2) is 70.2 Å². The lowest BCUT2D eigenvalue weighted by molar-refractivity contribution is -0.119. The standard InChI is InChI=1S/C25H29N7O3S/c1-31-20-13-27-22(26-12-17-7-9-35-10-8-17)11-21(20)36-15-19(25(31)34)29-24(33)23-28-16-32(30-23)14-18-5-3-2-4-6-18/h2-6,11,13,16-17,19H,7-10,12,14-15H2,1H3,(H,26,27)(H,29,33)/t19-/m0/s1. The van der Waals surface area contributed by atoms with Crippen molar-refractivity contribution in [2.75, 3.05) is 42.8 Å². The van der Waals surface area contributed by atoms with Gasteiger partial charge in [0, 0.05) is 37.5 Å². The molecule has 2 N–H and O–H groups in total. The molecule has 0 aliphatic carbocycles. The highest BCUT2D eigenvalue weighted by atomic mass is 32.2. The van der Waals surface area contributed by atoms with Crippen LogP contribution in [0.1, 0.15) is 29.0 Å². The number of rotatable bonds is 7. The highest BCUT2D eigenvalue weighted by Gasteiger charge is 2.31. The van der Waals surface area contributed by atoms with E-state index in [1.807, 2.05) is 36.4 Å². The summed E-state index contributed by atoms with van der Waals surface area (Å²) in [6.45, 7) is 2.97. The molecule has 1 atom stereocenters. The van der Waals surface area contributed by atoms with E-state index < -0.39 is 11.9 Å². The van der Waals surface area contributed by atoms with E-state index in [1.54, 1.807) is 22.8 Å². The zero-order chi connectivity index (χ0) is 24.9. The number of benzene rings is 1. The van der Waals surface area contributed by atoms with Gasteiger partial charge in [-0.05, 0) is 30.4 Å². The van der Waals surface area contributed by atoms with Gasteiger partial charge in [0.05, 0.1) is 18.4 Å². The number of ether oxygens (including phenoxy) is 1. The lowest BCUT2D eigenvalue weighted by atomic mass is 10.0. The van der Waals surface area contributed by atoms with Crippen LogP contribution < -0.4 is 15.5 Å². The summed E-state index contributed by atoms with van der Waals surface area (Å²) >= 11 is 1.52. The number of aromatic nitrogens is 4. The van der Waals surface area contributed by atoms with Gasteiger partial charge in [-0.1, -0.05) is 30.3 Å². The minimum absolute atomic E-state index is 0.0365. The normalized spacial score (nSPS) is 18.4. The lowest BCUT2D eigenvalue weighted by Gasteiger charge is -2.23. The first-order valence-electron chi connectivity index (χ1n) is 12.0. The van der Waals surface area contributed by atoms with Crippen molar-refractivity contribution in [3.8, 4) is 0 Å². The number of amides is 2. The number of pyridine rings is 1. The number of hydrogen-bond acceptors (Lipinski definition) is 8. The van der Waals surface area contributed by atoms with E-state index in [-0.39, 0.29) is 11.7 Å². The van der Waals surface area contributed by atoms with Crippen LogP contribution in [0, 0.1) is 5.92 Å². The first kappa shape index (κ1) is 24.3. The smallest absolute Gasteiger partial charge is 0.291 e. The molecule has 0 saturated carbocycles. The van der Waals surface area contributed by atoms with Crippen molar-refractivity contribution in [3.05, 3.63) is 60.3 Å². The number of hydrogen-bond donors (Lipinski definition) is 2. The predicted octanol–water partition coefficient (Wildman–Crippen LogP) is 2.43. The molecule has 11 heteroatoms. The highest BCUT2D eigenvalue weighted by Crippen LogP contribution is 2.34. The van der Waals surface area contributed by atoms with Crippen molar-refractivity contribution in [3.63, 3.8) is 0 Å². The van der Waals surface area contributed by atoms with Gasteiger partial charge in [0.25, 0.3) is 5.91 Å². The topological polar surface area (TPSA) is 114 Å². The van der Waals surface area contributed by atoms with Crippen LogP contribution in [0.2, 0.25) is 0 Å². The van der Waals surface area contributed by atoms with Gasteiger partial charge in [0.2, 0.25) is 11.7 Å². The Morgan fingerprint density at radius 2 is 2.00 bits per heavy atom. The largest absolute Gasteiger partial charge is 0.381 e. The van der Waals surface area contributed by atoms with E-state index in [0.29, 0.717) is 18.2 Å². The zero-order valence-electron chi connectivity index (χ0n) is 20.1. The number of carbonyl (C=O) groups excluding carboxylic acids is 2. The van der Waals surface area contributed by atoms with Crippen molar-refractivity contribution in [2.24, 2.45) is 5.92 Å². The third-order valence-electron chi connectivity index (χ3n) is 6.39. The van der Waals surface area contributed by atoms with Gasteiger partial charge in [0.1, 0.15) is 18.2 Å². The first-order chi connectivity index (χ1) is 17.6. The average molecular weight is 508 g/mol. The molecular formula is C25H29N7O3S. The summed E-state index contributed by atoms with van der Waals surface area (Å²) in [5.74, 6) is 1.11. The molecule has 0 bridgehead atoms. The Hall–Kier alpha value is -3.44. The zero-order valence-corrected chi connectivity index (χ0v) is 20.9. The van der Waals surface area contributed by atoms with Crippen molar-refractivity contribution < 1.29 is 14.3 Å². The van der Waals surface area contributed by atoms with Crippen molar-refractivity contribution in [2.45, 2.75) is 30.3 Å². The van der Waals surface area contributed by atoms with Crippen LogP contribution in [0.5, 0.6) is 0 Å². The molecule has 3 aromatic rings. The molecule has 1 saturated heterocycles. The summed E-state index contributed by atoms with van der Waals surface area (Å²) < 4.78 is 7.04. The molecule has 2 aliphatic rings. The highest BCUT2D eigenvalue weighted by molar-refractivity contribution is 7.99.